The standard InChI is InChI=1S/C11H10ClFN2S/c1-7(11-5-16-6-14-11)15-10-3-2-8(13)4-9(10)12/h2-7,15H,1H3. The summed E-state index contributed by atoms with van der Waals surface area (Å²) >= 11 is 7.46. The summed E-state index contributed by atoms with van der Waals surface area (Å²) < 4.78 is 12.8. The first-order chi connectivity index (χ1) is 7.66. The van der Waals surface area contributed by atoms with Crippen molar-refractivity contribution in [2.45, 2.75) is 13.0 Å². The van der Waals surface area contributed by atoms with Crippen LogP contribution in [0.1, 0.15) is 18.7 Å². The Morgan fingerprint density at radius 3 is 2.94 bits per heavy atom. The molecule has 1 aromatic heterocycles. The van der Waals surface area contributed by atoms with Gasteiger partial charge in [0, 0.05) is 5.38 Å². The second-order valence-corrected chi connectivity index (χ2v) is 4.53. The molecule has 84 valence electrons. The molecule has 0 saturated heterocycles. The van der Waals surface area contributed by atoms with Crippen LogP contribution in [-0.4, -0.2) is 4.98 Å². The minimum Gasteiger partial charge on any atom is -0.376 e. The lowest BCUT2D eigenvalue weighted by Crippen LogP contribution is -2.07. The highest BCUT2D eigenvalue weighted by Gasteiger charge is 2.09. The topological polar surface area (TPSA) is 24.9 Å². The maximum atomic E-state index is 12.8. The average molecular weight is 257 g/mol. The van der Waals surface area contributed by atoms with Gasteiger partial charge < -0.3 is 5.32 Å². The molecule has 16 heavy (non-hydrogen) atoms. The van der Waals surface area contributed by atoms with Gasteiger partial charge in [-0.05, 0) is 25.1 Å². The third-order valence-electron chi connectivity index (χ3n) is 2.20. The minimum atomic E-state index is -0.336. The number of halogens is 2. The molecule has 0 aliphatic carbocycles. The van der Waals surface area contributed by atoms with Crippen molar-refractivity contribution in [2.24, 2.45) is 0 Å². The first kappa shape index (κ1) is 11.4. The number of rotatable bonds is 3. The Morgan fingerprint density at radius 1 is 1.50 bits per heavy atom. The van der Waals surface area contributed by atoms with E-state index >= 15 is 0 Å². The van der Waals surface area contributed by atoms with Crippen molar-refractivity contribution in [3.8, 4) is 0 Å². The number of anilines is 1. The van der Waals surface area contributed by atoms with E-state index in [0.29, 0.717) is 10.7 Å². The van der Waals surface area contributed by atoms with E-state index in [9.17, 15) is 4.39 Å². The molecule has 0 fully saturated rings. The largest absolute Gasteiger partial charge is 0.376 e. The zero-order valence-electron chi connectivity index (χ0n) is 8.58. The lowest BCUT2D eigenvalue weighted by atomic mass is 10.2. The lowest BCUT2D eigenvalue weighted by Gasteiger charge is -2.14. The van der Waals surface area contributed by atoms with Gasteiger partial charge in [-0.15, -0.1) is 11.3 Å². The van der Waals surface area contributed by atoms with Gasteiger partial charge in [-0.3, -0.25) is 0 Å². The molecule has 1 N–H and O–H groups in total. The molecule has 0 spiro atoms. The van der Waals surface area contributed by atoms with Gasteiger partial charge in [-0.1, -0.05) is 11.6 Å². The number of aromatic nitrogens is 1. The van der Waals surface area contributed by atoms with Crippen molar-refractivity contribution in [1.29, 1.82) is 0 Å². The first-order valence-corrected chi connectivity index (χ1v) is 6.08. The van der Waals surface area contributed by atoms with Crippen LogP contribution in [0.5, 0.6) is 0 Å². The zero-order chi connectivity index (χ0) is 11.5. The summed E-state index contributed by atoms with van der Waals surface area (Å²) in [5.74, 6) is -0.336. The normalized spacial score (nSPS) is 12.4. The molecule has 1 aromatic carbocycles. The van der Waals surface area contributed by atoms with Gasteiger partial charge in [0.2, 0.25) is 0 Å². The molecule has 0 radical (unpaired) electrons. The maximum absolute atomic E-state index is 12.8. The molecule has 0 saturated carbocycles. The predicted molar refractivity (Wildman–Crippen MR) is 65.6 cm³/mol. The summed E-state index contributed by atoms with van der Waals surface area (Å²) in [5, 5.41) is 5.53. The van der Waals surface area contributed by atoms with Gasteiger partial charge >= 0.3 is 0 Å². The zero-order valence-corrected chi connectivity index (χ0v) is 10.1. The SMILES string of the molecule is CC(Nc1ccc(F)cc1Cl)c1cscn1. The average Bonchev–Trinajstić information content (AvgIpc) is 2.75. The van der Waals surface area contributed by atoms with E-state index in [-0.39, 0.29) is 11.9 Å². The highest BCUT2D eigenvalue weighted by molar-refractivity contribution is 7.07. The number of benzene rings is 1. The smallest absolute Gasteiger partial charge is 0.124 e. The Kier molecular flexibility index (Phi) is 3.41. The molecule has 2 nitrogen and oxygen atoms in total. The molecule has 5 heteroatoms. The molecular formula is C11H10ClFN2S. The number of thiazole rings is 1. The molecule has 1 heterocycles. The summed E-state index contributed by atoms with van der Waals surface area (Å²) in [4.78, 5) is 4.20. The number of nitrogens with zero attached hydrogens (tertiary/aromatic N) is 1. The van der Waals surface area contributed by atoms with Crippen molar-refractivity contribution >= 4 is 28.6 Å². The van der Waals surface area contributed by atoms with Gasteiger partial charge in [0.25, 0.3) is 0 Å². The van der Waals surface area contributed by atoms with E-state index in [1.54, 1.807) is 22.9 Å². The van der Waals surface area contributed by atoms with Crippen molar-refractivity contribution in [1.82, 2.24) is 4.98 Å². The van der Waals surface area contributed by atoms with Gasteiger partial charge in [-0.2, -0.15) is 0 Å². The fraction of sp³-hybridized carbons (Fsp3) is 0.182. The number of hydrogen-bond acceptors (Lipinski definition) is 3. The van der Waals surface area contributed by atoms with Crippen LogP contribution in [0.15, 0.2) is 29.1 Å². The molecule has 1 atom stereocenters. The van der Waals surface area contributed by atoms with E-state index in [2.05, 4.69) is 10.3 Å². The predicted octanol–water partition coefficient (Wildman–Crippen LogP) is 4.11. The molecule has 2 aromatic rings. The molecule has 0 aliphatic heterocycles. The summed E-state index contributed by atoms with van der Waals surface area (Å²) in [7, 11) is 0. The molecule has 0 aliphatic rings. The second kappa shape index (κ2) is 4.80. The van der Waals surface area contributed by atoms with Crippen molar-refractivity contribution < 1.29 is 4.39 Å². The molecule has 0 bridgehead atoms. The van der Waals surface area contributed by atoms with E-state index in [4.69, 9.17) is 11.6 Å². The molecule has 2 rings (SSSR count). The molecular weight excluding hydrogens is 247 g/mol. The monoisotopic (exact) mass is 256 g/mol. The fourth-order valence-electron chi connectivity index (χ4n) is 1.35. The highest BCUT2D eigenvalue weighted by Crippen LogP contribution is 2.26. The van der Waals surface area contributed by atoms with Crippen LogP contribution in [0.25, 0.3) is 0 Å². The Labute approximate surface area is 102 Å². The third kappa shape index (κ3) is 2.51. The van der Waals surface area contributed by atoms with Crippen LogP contribution in [0.3, 0.4) is 0 Å². The fourth-order valence-corrected chi connectivity index (χ4v) is 2.22. The lowest BCUT2D eigenvalue weighted by molar-refractivity contribution is 0.628. The Morgan fingerprint density at radius 2 is 2.31 bits per heavy atom. The van der Waals surface area contributed by atoms with Gasteiger partial charge in [0.05, 0.1) is 28.0 Å². The van der Waals surface area contributed by atoms with Crippen LogP contribution in [0, 0.1) is 5.82 Å². The van der Waals surface area contributed by atoms with E-state index in [1.165, 1.54) is 12.1 Å². The highest BCUT2D eigenvalue weighted by atomic mass is 35.5. The summed E-state index contributed by atoms with van der Waals surface area (Å²) in [6.07, 6.45) is 0. The van der Waals surface area contributed by atoms with Crippen molar-refractivity contribution in [3.05, 3.63) is 45.6 Å². The van der Waals surface area contributed by atoms with E-state index in [1.807, 2.05) is 12.3 Å². The summed E-state index contributed by atoms with van der Waals surface area (Å²) in [6, 6.07) is 4.34. The van der Waals surface area contributed by atoms with Gasteiger partial charge in [0.15, 0.2) is 0 Å². The number of hydrogen-bond donors (Lipinski definition) is 1. The second-order valence-electron chi connectivity index (χ2n) is 3.40. The van der Waals surface area contributed by atoms with E-state index < -0.39 is 0 Å². The van der Waals surface area contributed by atoms with Crippen LogP contribution >= 0.6 is 22.9 Å². The molecule has 1 unspecified atom stereocenters. The van der Waals surface area contributed by atoms with Crippen LogP contribution in [-0.2, 0) is 0 Å². The van der Waals surface area contributed by atoms with Gasteiger partial charge in [-0.25, -0.2) is 9.37 Å². The van der Waals surface area contributed by atoms with E-state index in [0.717, 1.165) is 5.69 Å². The minimum absolute atomic E-state index is 0.0502. The Balaban J connectivity index is 2.15. The van der Waals surface area contributed by atoms with Crippen molar-refractivity contribution in [3.63, 3.8) is 0 Å². The number of nitrogens with one attached hydrogen (secondary N) is 1. The Bertz CT molecular complexity index is 473. The molecule has 0 amide bonds. The quantitative estimate of drug-likeness (QED) is 0.894. The summed E-state index contributed by atoms with van der Waals surface area (Å²) in [6.45, 7) is 1.98. The van der Waals surface area contributed by atoms with Gasteiger partial charge in [0.1, 0.15) is 5.82 Å². The van der Waals surface area contributed by atoms with Crippen molar-refractivity contribution in [2.75, 3.05) is 5.32 Å². The van der Waals surface area contributed by atoms with Crippen LogP contribution < -0.4 is 5.32 Å². The Hall–Kier alpha value is -1.13. The summed E-state index contributed by atoms with van der Waals surface area (Å²) in [5.41, 5.74) is 3.44. The maximum Gasteiger partial charge on any atom is 0.124 e. The van der Waals surface area contributed by atoms with Crippen LogP contribution in [0.2, 0.25) is 5.02 Å². The third-order valence-corrected chi connectivity index (χ3v) is 3.12. The first-order valence-electron chi connectivity index (χ1n) is 4.76. The van der Waals surface area contributed by atoms with Crippen LogP contribution in [0.4, 0.5) is 10.1 Å².